The Morgan fingerprint density at radius 3 is 2.26 bits per heavy atom. The number of aryl methyl sites for hydroxylation is 1. The molecule has 120 valence electrons. The summed E-state index contributed by atoms with van der Waals surface area (Å²) in [5.74, 6) is 0.760. The smallest absolute Gasteiger partial charge is 0.247 e. The summed E-state index contributed by atoms with van der Waals surface area (Å²) in [7, 11) is 0. The third kappa shape index (κ3) is 2.82. The third-order valence-corrected chi connectivity index (χ3v) is 4.30. The van der Waals surface area contributed by atoms with Crippen molar-refractivity contribution >= 4 is 11.6 Å². The number of β-lactam (4-membered cyclic amide) rings is 1. The minimum Gasteiger partial charge on any atom is -0.494 e. The SMILES string of the molecule is CCOc1ccc(N2C(=O)C(N)C2c2ccc(CC)cc2)cc1. The molecule has 2 atom stereocenters. The molecule has 2 aromatic carbocycles. The van der Waals surface area contributed by atoms with Gasteiger partial charge in [0, 0.05) is 5.69 Å². The maximum atomic E-state index is 12.2. The van der Waals surface area contributed by atoms with Gasteiger partial charge >= 0.3 is 0 Å². The summed E-state index contributed by atoms with van der Waals surface area (Å²) in [5.41, 5.74) is 9.26. The molecule has 23 heavy (non-hydrogen) atoms. The van der Waals surface area contributed by atoms with Gasteiger partial charge in [0.1, 0.15) is 11.8 Å². The van der Waals surface area contributed by atoms with Gasteiger partial charge in [-0.1, -0.05) is 31.2 Å². The van der Waals surface area contributed by atoms with E-state index in [0.717, 1.165) is 23.4 Å². The lowest BCUT2D eigenvalue weighted by molar-refractivity contribution is -0.126. The molecule has 0 bridgehead atoms. The van der Waals surface area contributed by atoms with Crippen molar-refractivity contribution in [3.05, 3.63) is 59.7 Å². The summed E-state index contributed by atoms with van der Waals surface area (Å²) in [4.78, 5) is 14.0. The van der Waals surface area contributed by atoms with E-state index in [1.165, 1.54) is 5.56 Å². The number of anilines is 1. The van der Waals surface area contributed by atoms with Gasteiger partial charge in [-0.3, -0.25) is 4.79 Å². The number of hydrogen-bond acceptors (Lipinski definition) is 3. The van der Waals surface area contributed by atoms with Crippen molar-refractivity contribution in [2.75, 3.05) is 11.5 Å². The number of hydrogen-bond donors (Lipinski definition) is 1. The van der Waals surface area contributed by atoms with Crippen LogP contribution in [0.5, 0.6) is 5.75 Å². The second-order valence-electron chi connectivity index (χ2n) is 5.70. The molecule has 1 saturated heterocycles. The fourth-order valence-corrected chi connectivity index (χ4v) is 2.98. The predicted octanol–water partition coefficient (Wildman–Crippen LogP) is 3.06. The zero-order chi connectivity index (χ0) is 16.4. The zero-order valence-electron chi connectivity index (χ0n) is 13.5. The topological polar surface area (TPSA) is 55.6 Å². The van der Waals surface area contributed by atoms with E-state index in [1.807, 2.05) is 31.2 Å². The molecule has 1 aliphatic rings. The second kappa shape index (κ2) is 6.42. The molecule has 0 aliphatic carbocycles. The van der Waals surface area contributed by atoms with Gasteiger partial charge in [0.2, 0.25) is 5.91 Å². The quantitative estimate of drug-likeness (QED) is 0.864. The first-order chi connectivity index (χ1) is 11.2. The maximum absolute atomic E-state index is 12.2. The first-order valence-corrected chi connectivity index (χ1v) is 8.06. The third-order valence-electron chi connectivity index (χ3n) is 4.30. The van der Waals surface area contributed by atoms with Crippen molar-refractivity contribution in [3.8, 4) is 5.75 Å². The van der Waals surface area contributed by atoms with E-state index in [0.29, 0.717) is 6.61 Å². The Morgan fingerprint density at radius 1 is 1.04 bits per heavy atom. The molecule has 1 aliphatic heterocycles. The molecule has 1 fully saturated rings. The molecule has 2 N–H and O–H groups in total. The fourth-order valence-electron chi connectivity index (χ4n) is 2.98. The molecule has 1 amide bonds. The summed E-state index contributed by atoms with van der Waals surface area (Å²) in [5, 5.41) is 0. The standard InChI is InChI=1S/C19H22N2O2/c1-3-13-5-7-14(8-6-13)18-17(20)19(22)21(18)15-9-11-16(12-10-15)23-4-2/h5-12,17-18H,3-4,20H2,1-2H3. The lowest BCUT2D eigenvalue weighted by atomic mass is 9.88. The van der Waals surface area contributed by atoms with E-state index in [1.54, 1.807) is 4.90 Å². The van der Waals surface area contributed by atoms with Crippen molar-refractivity contribution in [1.82, 2.24) is 0 Å². The van der Waals surface area contributed by atoms with Crippen LogP contribution in [0, 0.1) is 0 Å². The number of carbonyl (C=O) groups is 1. The summed E-state index contributed by atoms with van der Waals surface area (Å²) in [6.45, 7) is 4.70. The number of ether oxygens (including phenoxy) is 1. The van der Waals surface area contributed by atoms with E-state index in [2.05, 4.69) is 31.2 Å². The van der Waals surface area contributed by atoms with Crippen molar-refractivity contribution in [3.63, 3.8) is 0 Å². The monoisotopic (exact) mass is 310 g/mol. The van der Waals surface area contributed by atoms with Gasteiger partial charge in [0.25, 0.3) is 0 Å². The van der Waals surface area contributed by atoms with Gasteiger partial charge in [-0.25, -0.2) is 0 Å². The summed E-state index contributed by atoms with van der Waals surface area (Å²) >= 11 is 0. The van der Waals surface area contributed by atoms with Gasteiger partial charge in [-0.05, 0) is 48.7 Å². The van der Waals surface area contributed by atoms with Crippen LogP contribution >= 0.6 is 0 Å². The van der Waals surface area contributed by atoms with E-state index >= 15 is 0 Å². The number of nitrogens with zero attached hydrogens (tertiary/aromatic N) is 1. The summed E-state index contributed by atoms with van der Waals surface area (Å²) in [6, 6.07) is 15.3. The molecule has 2 aromatic rings. The Kier molecular flexibility index (Phi) is 4.35. The Hall–Kier alpha value is -2.33. The van der Waals surface area contributed by atoms with Crippen LogP contribution in [0.1, 0.15) is 31.0 Å². The highest BCUT2D eigenvalue weighted by molar-refractivity contribution is 6.05. The van der Waals surface area contributed by atoms with Crippen LogP contribution in [0.4, 0.5) is 5.69 Å². The molecule has 0 aromatic heterocycles. The molecular weight excluding hydrogens is 288 g/mol. The van der Waals surface area contributed by atoms with Crippen LogP contribution < -0.4 is 15.4 Å². The first kappa shape index (κ1) is 15.6. The molecule has 4 nitrogen and oxygen atoms in total. The molecular formula is C19H22N2O2. The number of carbonyl (C=O) groups excluding carboxylic acids is 1. The van der Waals surface area contributed by atoms with E-state index in [-0.39, 0.29) is 11.9 Å². The zero-order valence-corrected chi connectivity index (χ0v) is 13.5. The lowest BCUT2D eigenvalue weighted by Crippen LogP contribution is -2.63. The maximum Gasteiger partial charge on any atom is 0.247 e. The van der Waals surface area contributed by atoms with Crippen LogP contribution in [0.25, 0.3) is 0 Å². The normalized spacial score (nSPS) is 20.3. The van der Waals surface area contributed by atoms with Crippen LogP contribution in [0.3, 0.4) is 0 Å². The molecule has 2 unspecified atom stereocenters. The average Bonchev–Trinajstić information content (AvgIpc) is 2.60. The van der Waals surface area contributed by atoms with Gasteiger partial charge in [-0.2, -0.15) is 0 Å². The Labute approximate surface area is 136 Å². The predicted molar refractivity (Wildman–Crippen MR) is 91.6 cm³/mol. The highest BCUT2D eigenvalue weighted by atomic mass is 16.5. The van der Waals surface area contributed by atoms with Gasteiger partial charge in [-0.15, -0.1) is 0 Å². The van der Waals surface area contributed by atoms with E-state index in [4.69, 9.17) is 10.5 Å². The van der Waals surface area contributed by atoms with Crippen LogP contribution in [-0.2, 0) is 11.2 Å². The molecule has 4 heteroatoms. The van der Waals surface area contributed by atoms with E-state index < -0.39 is 6.04 Å². The molecule has 0 spiro atoms. The number of benzene rings is 2. The summed E-state index contributed by atoms with van der Waals surface area (Å²) in [6.07, 6.45) is 0.999. The van der Waals surface area contributed by atoms with Crippen molar-refractivity contribution in [2.45, 2.75) is 32.4 Å². The highest BCUT2D eigenvalue weighted by Crippen LogP contribution is 2.38. The lowest BCUT2D eigenvalue weighted by Gasteiger charge is -2.45. The minimum absolute atomic E-state index is 0.0428. The average molecular weight is 310 g/mol. The van der Waals surface area contributed by atoms with Gasteiger partial charge in [0.15, 0.2) is 0 Å². The Bertz CT molecular complexity index is 680. The van der Waals surface area contributed by atoms with Crippen LogP contribution in [0.15, 0.2) is 48.5 Å². The van der Waals surface area contributed by atoms with Crippen LogP contribution in [0.2, 0.25) is 0 Å². The summed E-state index contributed by atoms with van der Waals surface area (Å²) < 4.78 is 5.45. The second-order valence-corrected chi connectivity index (χ2v) is 5.70. The Morgan fingerprint density at radius 2 is 1.70 bits per heavy atom. The van der Waals surface area contributed by atoms with Gasteiger partial charge in [0.05, 0.1) is 12.6 Å². The van der Waals surface area contributed by atoms with Gasteiger partial charge < -0.3 is 15.4 Å². The molecule has 0 saturated carbocycles. The van der Waals surface area contributed by atoms with E-state index in [9.17, 15) is 4.79 Å². The highest BCUT2D eigenvalue weighted by Gasteiger charge is 2.46. The van der Waals surface area contributed by atoms with Crippen LogP contribution in [-0.4, -0.2) is 18.6 Å². The largest absolute Gasteiger partial charge is 0.494 e. The number of rotatable bonds is 5. The number of nitrogens with two attached hydrogens (primary N) is 1. The van der Waals surface area contributed by atoms with Crippen molar-refractivity contribution < 1.29 is 9.53 Å². The molecule has 0 radical (unpaired) electrons. The Balaban J connectivity index is 1.85. The van der Waals surface area contributed by atoms with Crippen molar-refractivity contribution in [1.29, 1.82) is 0 Å². The molecule has 3 rings (SSSR count). The molecule has 1 heterocycles. The number of amides is 1. The fraction of sp³-hybridized carbons (Fsp3) is 0.316. The minimum atomic E-state index is -0.478. The first-order valence-electron chi connectivity index (χ1n) is 8.06. The van der Waals surface area contributed by atoms with Crippen molar-refractivity contribution in [2.24, 2.45) is 5.73 Å².